The molecule has 4 heteroatoms. The van der Waals surface area contributed by atoms with Gasteiger partial charge in [0.05, 0.1) is 25.9 Å². The van der Waals surface area contributed by atoms with Gasteiger partial charge in [-0.1, -0.05) is 30.3 Å². The lowest BCUT2D eigenvalue weighted by Crippen LogP contribution is -2.29. The van der Waals surface area contributed by atoms with E-state index in [2.05, 4.69) is 5.32 Å². The second-order valence-corrected chi connectivity index (χ2v) is 4.36. The highest BCUT2D eigenvalue weighted by molar-refractivity contribution is 5.13. The van der Waals surface area contributed by atoms with Crippen molar-refractivity contribution >= 4 is 0 Å². The molecule has 1 aromatic rings. The van der Waals surface area contributed by atoms with Crippen LogP contribution in [-0.4, -0.2) is 44.1 Å². The molecule has 102 valence electrons. The lowest BCUT2D eigenvalue weighted by Gasteiger charge is -2.16. The number of nitrogens with one attached hydrogen (secondary N) is 1. The molecule has 0 aliphatic rings. The van der Waals surface area contributed by atoms with Gasteiger partial charge in [-0.25, -0.2) is 0 Å². The average Bonchev–Trinajstić information content (AvgIpc) is 2.38. The first kappa shape index (κ1) is 15.1. The minimum atomic E-state index is -0.576. The lowest BCUT2D eigenvalue weighted by atomic mass is 10.2. The van der Waals surface area contributed by atoms with Crippen LogP contribution in [0.3, 0.4) is 0 Å². The molecule has 1 aromatic carbocycles. The summed E-state index contributed by atoms with van der Waals surface area (Å²) in [5, 5.41) is 12.7. The van der Waals surface area contributed by atoms with E-state index in [1.165, 1.54) is 0 Å². The van der Waals surface area contributed by atoms with Crippen LogP contribution in [0.5, 0.6) is 0 Å². The zero-order chi connectivity index (χ0) is 13.2. The van der Waals surface area contributed by atoms with Gasteiger partial charge in [0.1, 0.15) is 6.10 Å². The number of rotatable bonds is 9. The molecule has 4 nitrogen and oxygen atoms in total. The van der Waals surface area contributed by atoms with Crippen molar-refractivity contribution in [2.24, 2.45) is 0 Å². The highest BCUT2D eigenvalue weighted by Crippen LogP contribution is 2.01. The van der Waals surface area contributed by atoms with Crippen LogP contribution in [-0.2, 0) is 16.1 Å². The first-order valence-corrected chi connectivity index (χ1v) is 6.28. The minimum absolute atomic E-state index is 0.0961. The van der Waals surface area contributed by atoms with E-state index in [1.54, 1.807) is 0 Å². The molecule has 0 fully saturated rings. The van der Waals surface area contributed by atoms with Crippen LogP contribution in [0.25, 0.3) is 0 Å². The summed E-state index contributed by atoms with van der Waals surface area (Å²) < 4.78 is 10.9. The highest BCUT2D eigenvalue weighted by atomic mass is 16.5. The zero-order valence-corrected chi connectivity index (χ0v) is 11.1. The number of ether oxygens (including phenoxy) is 2. The van der Waals surface area contributed by atoms with Gasteiger partial charge < -0.3 is 19.9 Å². The van der Waals surface area contributed by atoms with E-state index in [9.17, 15) is 5.11 Å². The molecule has 0 saturated heterocycles. The zero-order valence-electron chi connectivity index (χ0n) is 11.1. The van der Waals surface area contributed by atoms with E-state index >= 15 is 0 Å². The third-order valence-electron chi connectivity index (χ3n) is 2.49. The molecule has 2 atom stereocenters. The molecular formula is C14H23NO3. The van der Waals surface area contributed by atoms with Gasteiger partial charge in [-0.3, -0.25) is 0 Å². The lowest BCUT2D eigenvalue weighted by molar-refractivity contribution is -0.0422. The van der Waals surface area contributed by atoms with Crippen LogP contribution in [0.2, 0.25) is 0 Å². The van der Waals surface area contributed by atoms with Crippen LogP contribution in [0.4, 0.5) is 0 Å². The Hall–Kier alpha value is -0.940. The van der Waals surface area contributed by atoms with E-state index in [1.807, 2.05) is 44.3 Å². The molecule has 1 rings (SSSR count). The first-order chi connectivity index (χ1) is 8.72. The SMILES string of the molecule is CNCC(C)OCC(O)COCc1ccccc1. The molecule has 18 heavy (non-hydrogen) atoms. The fourth-order valence-corrected chi connectivity index (χ4v) is 1.56. The third kappa shape index (κ3) is 6.71. The molecular weight excluding hydrogens is 230 g/mol. The summed E-state index contributed by atoms with van der Waals surface area (Å²) in [5.74, 6) is 0. The normalized spacial score (nSPS) is 14.4. The summed E-state index contributed by atoms with van der Waals surface area (Å²) in [6.07, 6.45) is -0.480. The Morgan fingerprint density at radius 1 is 1.22 bits per heavy atom. The van der Waals surface area contributed by atoms with Gasteiger partial charge in [0, 0.05) is 6.54 Å². The summed E-state index contributed by atoms with van der Waals surface area (Å²) in [6, 6.07) is 9.90. The average molecular weight is 253 g/mol. The van der Waals surface area contributed by atoms with Crippen LogP contribution in [0.15, 0.2) is 30.3 Å². The molecule has 0 aliphatic heterocycles. The standard InChI is InChI=1S/C14H23NO3/c1-12(8-15-2)18-11-14(16)10-17-9-13-6-4-3-5-7-13/h3-7,12,14-16H,8-11H2,1-2H3. The molecule has 0 bridgehead atoms. The maximum Gasteiger partial charge on any atom is 0.101 e. The Morgan fingerprint density at radius 3 is 2.61 bits per heavy atom. The van der Waals surface area contributed by atoms with Gasteiger partial charge in [-0.15, -0.1) is 0 Å². The van der Waals surface area contributed by atoms with E-state index in [0.29, 0.717) is 19.8 Å². The van der Waals surface area contributed by atoms with Crippen molar-refractivity contribution < 1.29 is 14.6 Å². The fourth-order valence-electron chi connectivity index (χ4n) is 1.56. The van der Waals surface area contributed by atoms with Gasteiger partial charge in [0.15, 0.2) is 0 Å². The van der Waals surface area contributed by atoms with Crippen molar-refractivity contribution in [2.75, 3.05) is 26.8 Å². The summed E-state index contributed by atoms with van der Waals surface area (Å²) in [6.45, 7) is 3.86. The number of aliphatic hydroxyl groups excluding tert-OH is 1. The largest absolute Gasteiger partial charge is 0.388 e. The molecule has 0 saturated carbocycles. The number of likely N-dealkylation sites (N-methyl/N-ethyl adjacent to an activating group) is 1. The Kier molecular flexibility index (Phi) is 7.60. The number of hydrogen-bond acceptors (Lipinski definition) is 4. The first-order valence-electron chi connectivity index (χ1n) is 6.28. The molecule has 0 amide bonds. The molecule has 0 spiro atoms. The van der Waals surface area contributed by atoms with Crippen molar-refractivity contribution in [2.45, 2.75) is 25.7 Å². The van der Waals surface area contributed by atoms with Crippen molar-refractivity contribution in [3.05, 3.63) is 35.9 Å². The van der Waals surface area contributed by atoms with Crippen LogP contribution < -0.4 is 5.32 Å². The van der Waals surface area contributed by atoms with Gasteiger partial charge >= 0.3 is 0 Å². The van der Waals surface area contributed by atoms with Gasteiger partial charge in [-0.2, -0.15) is 0 Å². The minimum Gasteiger partial charge on any atom is -0.388 e. The van der Waals surface area contributed by atoms with E-state index in [4.69, 9.17) is 9.47 Å². The number of hydrogen-bond donors (Lipinski definition) is 2. The molecule has 2 unspecified atom stereocenters. The highest BCUT2D eigenvalue weighted by Gasteiger charge is 2.07. The summed E-state index contributed by atoms with van der Waals surface area (Å²) in [7, 11) is 1.87. The quantitative estimate of drug-likeness (QED) is 0.694. The van der Waals surface area contributed by atoms with Crippen molar-refractivity contribution in [3.63, 3.8) is 0 Å². The van der Waals surface area contributed by atoms with E-state index < -0.39 is 6.10 Å². The van der Waals surface area contributed by atoms with Gasteiger partial charge in [-0.05, 0) is 19.5 Å². The predicted octanol–water partition coefficient (Wildman–Crippen LogP) is 1.19. The monoisotopic (exact) mass is 253 g/mol. The van der Waals surface area contributed by atoms with Crippen molar-refractivity contribution in [1.29, 1.82) is 0 Å². The molecule has 0 aromatic heterocycles. The third-order valence-corrected chi connectivity index (χ3v) is 2.49. The number of benzene rings is 1. The van der Waals surface area contributed by atoms with E-state index in [0.717, 1.165) is 12.1 Å². The maximum atomic E-state index is 9.67. The molecule has 0 radical (unpaired) electrons. The predicted molar refractivity (Wildman–Crippen MR) is 71.4 cm³/mol. The molecule has 0 aliphatic carbocycles. The molecule has 2 N–H and O–H groups in total. The van der Waals surface area contributed by atoms with E-state index in [-0.39, 0.29) is 6.10 Å². The summed E-state index contributed by atoms with van der Waals surface area (Å²) >= 11 is 0. The van der Waals surface area contributed by atoms with Crippen LogP contribution in [0, 0.1) is 0 Å². The molecule has 0 heterocycles. The maximum absolute atomic E-state index is 9.67. The summed E-state index contributed by atoms with van der Waals surface area (Å²) in [5.41, 5.74) is 1.11. The Bertz CT molecular complexity index is 305. The second-order valence-electron chi connectivity index (χ2n) is 4.36. The Morgan fingerprint density at radius 2 is 1.94 bits per heavy atom. The second kappa shape index (κ2) is 9.05. The Labute approximate surface area is 109 Å². The van der Waals surface area contributed by atoms with Crippen molar-refractivity contribution in [3.8, 4) is 0 Å². The Balaban J connectivity index is 2.08. The van der Waals surface area contributed by atoms with Crippen LogP contribution >= 0.6 is 0 Å². The van der Waals surface area contributed by atoms with Gasteiger partial charge in [0.2, 0.25) is 0 Å². The summed E-state index contributed by atoms with van der Waals surface area (Å²) in [4.78, 5) is 0. The fraction of sp³-hybridized carbons (Fsp3) is 0.571. The number of aliphatic hydroxyl groups is 1. The van der Waals surface area contributed by atoms with Gasteiger partial charge in [0.25, 0.3) is 0 Å². The smallest absolute Gasteiger partial charge is 0.101 e. The topological polar surface area (TPSA) is 50.7 Å². The van der Waals surface area contributed by atoms with Crippen LogP contribution in [0.1, 0.15) is 12.5 Å². The van der Waals surface area contributed by atoms with Crippen molar-refractivity contribution in [1.82, 2.24) is 5.32 Å².